The molecule has 2 rings (SSSR count). The molecule has 0 amide bonds. The molecule has 2 heterocycles. The van der Waals surface area contributed by atoms with E-state index in [0.29, 0.717) is 5.76 Å². The maximum Gasteiger partial charge on any atom is 0.153 e. The van der Waals surface area contributed by atoms with E-state index in [2.05, 4.69) is 0 Å². The Kier molecular flexibility index (Phi) is 2.21. The molecule has 1 atom stereocenters. The second-order valence-electron chi connectivity index (χ2n) is 3.46. The van der Waals surface area contributed by atoms with Gasteiger partial charge in [0.05, 0.1) is 0 Å². The molecule has 0 aliphatic rings. The zero-order valence-electron chi connectivity index (χ0n) is 8.15. The van der Waals surface area contributed by atoms with Crippen molar-refractivity contribution in [2.24, 2.45) is 0 Å². The van der Waals surface area contributed by atoms with E-state index >= 15 is 0 Å². The van der Waals surface area contributed by atoms with E-state index in [9.17, 15) is 5.11 Å². The quantitative estimate of drug-likeness (QED) is 0.823. The normalized spacial score (nSPS) is 15.4. The van der Waals surface area contributed by atoms with E-state index in [1.807, 2.05) is 36.6 Å². The molecule has 0 bridgehead atoms. The lowest BCUT2D eigenvalue weighted by Gasteiger charge is -2.18. The third-order valence-electron chi connectivity index (χ3n) is 2.22. The third kappa shape index (κ3) is 1.49. The first kappa shape index (κ1) is 9.49. The van der Waals surface area contributed by atoms with Crippen molar-refractivity contribution in [3.05, 3.63) is 46.0 Å². The summed E-state index contributed by atoms with van der Waals surface area (Å²) in [6.45, 7) is 3.62. The van der Waals surface area contributed by atoms with Crippen molar-refractivity contribution >= 4 is 11.3 Å². The zero-order chi connectivity index (χ0) is 10.2. The predicted molar refractivity (Wildman–Crippen MR) is 56.4 cm³/mol. The molecule has 1 N–H and O–H groups in total. The fraction of sp³-hybridized carbons (Fsp3) is 0.273. The monoisotopic (exact) mass is 208 g/mol. The fourth-order valence-corrected chi connectivity index (χ4v) is 2.16. The molecule has 0 aromatic carbocycles. The summed E-state index contributed by atoms with van der Waals surface area (Å²) in [6, 6.07) is 7.50. The van der Waals surface area contributed by atoms with Gasteiger partial charge in [-0.05, 0) is 37.4 Å². The van der Waals surface area contributed by atoms with Crippen molar-refractivity contribution in [2.75, 3.05) is 0 Å². The van der Waals surface area contributed by atoms with Gasteiger partial charge in [0.1, 0.15) is 11.5 Å². The molecular formula is C11H12O2S. The predicted octanol–water partition coefficient (Wildman–Crippen LogP) is 2.91. The van der Waals surface area contributed by atoms with Crippen LogP contribution in [0.1, 0.15) is 23.3 Å². The molecule has 0 saturated carbocycles. The molecule has 0 saturated heterocycles. The van der Waals surface area contributed by atoms with Crippen LogP contribution in [0.25, 0.3) is 0 Å². The topological polar surface area (TPSA) is 33.4 Å². The average molecular weight is 208 g/mol. The molecule has 2 aromatic heterocycles. The van der Waals surface area contributed by atoms with Crippen LogP contribution in [0.15, 0.2) is 34.1 Å². The number of aliphatic hydroxyl groups is 1. The Morgan fingerprint density at radius 2 is 2.14 bits per heavy atom. The van der Waals surface area contributed by atoms with Crippen LogP contribution < -0.4 is 0 Å². The maximum atomic E-state index is 10.3. The van der Waals surface area contributed by atoms with Gasteiger partial charge in [-0.25, -0.2) is 0 Å². The van der Waals surface area contributed by atoms with Crippen molar-refractivity contribution in [3.8, 4) is 0 Å². The van der Waals surface area contributed by atoms with Gasteiger partial charge in [0.15, 0.2) is 5.60 Å². The number of hydrogen-bond donors (Lipinski definition) is 1. The molecule has 0 radical (unpaired) electrons. The highest BCUT2D eigenvalue weighted by Gasteiger charge is 2.29. The first-order valence-electron chi connectivity index (χ1n) is 4.44. The van der Waals surface area contributed by atoms with E-state index in [1.54, 1.807) is 6.92 Å². The van der Waals surface area contributed by atoms with Gasteiger partial charge in [-0.3, -0.25) is 0 Å². The number of thiophene rings is 1. The highest BCUT2D eigenvalue weighted by molar-refractivity contribution is 7.10. The van der Waals surface area contributed by atoms with Gasteiger partial charge in [0, 0.05) is 4.88 Å². The van der Waals surface area contributed by atoms with E-state index in [-0.39, 0.29) is 0 Å². The minimum atomic E-state index is -1.01. The van der Waals surface area contributed by atoms with Crippen molar-refractivity contribution in [3.63, 3.8) is 0 Å². The summed E-state index contributed by atoms with van der Waals surface area (Å²) in [7, 11) is 0. The van der Waals surface area contributed by atoms with Crippen molar-refractivity contribution in [2.45, 2.75) is 19.4 Å². The van der Waals surface area contributed by atoms with Crippen molar-refractivity contribution < 1.29 is 9.52 Å². The van der Waals surface area contributed by atoms with E-state index in [0.717, 1.165) is 10.6 Å². The van der Waals surface area contributed by atoms with Crippen LogP contribution in [0.5, 0.6) is 0 Å². The Morgan fingerprint density at radius 3 is 2.64 bits per heavy atom. The summed E-state index contributed by atoms with van der Waals surface area (Å²) in [5.41, 5.74) is -1.01. The molecule has 0 aliphatic carbocycles. The number of furan rings is 1. The summed E-state index contributed by atoms with van der Waals surface area (Å²) in [6.07, 6.45) is 0. The Hall–Kier alpha value is -1.06. The Morgan fingerprint density at radius 1 is 1.36 bits per heavy atom. The van der Waals surface area contributed by atoms with Crippen molar-refractivity contribution in [1.29, 1.82) is 0 Å². The SMILES string of the molecule is Cc1ccc(C(C)(O)c2cccs2)o1. The van der Waals surface area contributed by atoms with Crippen LogP contribution in [0, 0.1) is 6.92 Å². The maximum absolute atomic E-state index is 10.3. The van der Waals surface area contributed by atoms with Gasteiger partial charge < -0.3 is 9.52 Å². The van der Waals surface area contributed by atoms with Crippen LogP contribution in [0.3, 0.4) is 0 Å². The van der Waals surface area contributed by atoms with Crippen LogP contribution in [0.2, 0.25) is 0 Å². The van der Waals surface area contributed by atoms with Crippen LogP contribution in [-0.4, -0.2) is 5.11 Å². The molecule has 2 nitrogen and oxygen atoms in total. The first-order chi connectivity index (χ1) is 6.60. The van der Waals surface area contributed by atoms with Crippen molar-refractivity contribution in [1.82, 2.24) is 0 Å². The second kappa shape index (κ2) is 3.26. The summed E-state index contributed by atoms with van der Waals surface area (Å²) in [4.78, 5) is 0.895. The number of hydrogen-bond acceptors (Lipinski definition) is 3. The van der Waals surface area contributed by atoms with Gasteiger partial charge >= 0.3 is 0 Å². The number of rotatable bonds is 2. The summed E-state index contributed by atoms with van der Waals surface area (Å²) < 4.78 is 5.43. The van der Waals surface area contributed by atoms with E-state index < -0.39 is 5.60 Å². The fourth-order valence-electron chi connectivity index (χ4n) is 1.37. The molecule has 0 aliphatic heterocycles. The minimum Gasteiger partial charge on any atom is -0.463 e. The molecule has 2 aromatic rings. The summed E-state index contributed by atoms with van der Waals surface area (Å²) in [5.74, 6) is 1.41. The Bertz CT molecular complexity index is 412. The summed E-state index contributed by atoms with van der Waals surface area (Å²) >= 11 is 1.52. The Balaban J connectivity index is 2.42. The van der Waals surface area contributed by atoms with Gasteiger partial charge in [0.2, 0.25) is 0 Å². The standard InChI is InChI=1S/C11H12O2S/c1-8-5-6-9(13-8)11(2,12)10-4-3-7-14-10/h3-7,12H,1-2H3. The third-order valence-corrected chi connectivity index (χ3v) is 3.30. The minimum absolute atomic E-state index is 0.595. The lowest BCUT2D eigenvalue weighted by Crippen LogP contribution is -2.20. The molecule has 0 spiro atoms. The van der Waals surface area contributed by atoms with Gasteiger partial charge in [-0.15, -0.1) is 11.3 Å². The molecule has 14 heavy (non-hydrogen) atoms. The number of aryl methyl sites for hydroxylation is 1. The lowest BCUT2D eigenvalue weighted by atomic mass is 10.0. The zero-order valence-corrected chi connectivity index (χ0v) is 8.97. The largest absolute Gasteiger partial charge is 0.463 e. The first-order valence-corrected chi connectivity index (χ1v) is 5.32. The van der Waals surface area contributed by atoms with Crippen LogP contribution in [0.4, 0.5) is 0 Å². The average Bonchev–Trinajstić information content (AvgIpc) is 2.72. The molecule has 0 fully saturated rings. The van der Waals surface area contributed by atoms with Gasteiger partial charge in [0.25, 0.3) is 0 Å². The second-order valence-corrected chi connectivity index (χ2v) is 4.41. The molecule has 74 valence electrons. The molecule has 3 heteroatoms. The van der Waals surface area contributed by atoms with Crippen LogP contribution >= 0.6 is 11.3 Å². The van der Waals surface area contributed by atoms with Gasteiger partial charge in [-0.1, -0.05) is 6.07 Å². The van der Waals surface area contributed by atoms with Crippen LogP contribution in [-0.2, 0) is 5.60 Å². The van der Waals surface area contributed by atoms with E-state index in [1.165, 1.54) is 11.3 Å². The van der Waals surface area contributed by atoms with E-state index in [4.69, 9.17) is 4.42 Å². The Labute approximate surface area is 86.8 Å². The smallest absolute Gasteiger partial charge is 0.153 e. The van der Waals surface area contributed by atoms with Gasteiger partial charge in [-0.2, -0.15) is 0 Å². The summed E-state index contributed by atoms with van der Waals surface area (Å²) in [5, 5.41) is 12.2. The highest BCUT2D eigenvalue weighted by Crippen LogP contribution is 2.32. The molecular weight excluding hydrogens is 196 g/mol. The lowest BCUT2D eigenvalue weighted by molar-refractivity contribution is 0.0795. The molecule has 1 unspecified atom stereocenters. The highest BCUT2D eigenvalue weighted by atomic mass is 32.1.